The molecule has 0 aliphatic carbocycles. The minimum absolute atomic E-state index is 0.0919. The van der Waals surface area contributed by atoms with Crippen LogP contribution in [0.4, 0.5) is 0 Å². The number of hydrogen-bond acceptors (Lipinski definition) is 4. The van der Waals surface area contributed by atoms with Gasteiger partial charge in [-0.3, -0.25) is 9.69 Å². The molecule has 5 nitrogen and oxygen atoms in total. The van der Waals surface area contributed by atoms with Gasteiger partial charge in [0.15, 0.2) is 11.5 Å². The summed E-state index contributed by atoms with van der Waals surface area (Å²) >= 11 is 0. The van der Waals surface area contributed by atoms with Crippen LogP contribution < -0.4 is 9.47 Å². The van der Waals surface area contributed by atoms with E-state index in [1.807, 2.05) is 17.0 Å². The van der Waals surface area contributed by atoms with Gasteiger partial charge in [-0.25, -0.2) is 0 Å². The summed E-state index contributed by atoms with van der Waals surface area (Å²) in [4.78, 5) is 16.1. The lowest BCUT2D eigenvalue weighted by Gasteiger charge is -2.41. The second-order valence-electron chi connectivity index (χ2n) is 6.84. The van der Waals surface area contributed by atoms with Crippen LogP contribution in [0, 0.1) is 6.92 Å². The predicted octanol–water partition coefficient (Wildman–Crippen LogP) is 2.50. The summed E-state index contributed by atoms with van der Waals surface area (Å²) in [5, 5.41) is 0. The summed E-state index contributed by atoms with van der Waals surface area (Å²) in [6.07, 6.45) is 0.912. The Morgan fingerprint density at radius 2 is 1.85 bits per heavy atom. The van der Waals surface area contributed by atoms with E-state index in [4.69, 9.17) is 9.47 Å². The maximum absolute atomic E-state index is 11.8. The van der Waals surface area contributed by atoms with Crippen molar-refractivity contribution in [3.8, 4) is 11.5 Å². The van der Waals surface area contributed by atoms with Crippen molar-refractivity contribution < 1.29 is 14.3 Å². The lowest BCUT2D eigenvalue weighted by molar-refractivity contribution is -0.129. The van der Waals surface area contributed by atoms with Crippen molar-refractivity contribution in [1.82, 2.24) is 9.80 Å². The van der Waals surface area contributed by atoms with E-state index in [1.54, 1.807) is 0 Å². The van der Waals surface area contributed by atoms with Crippen LogP contribution in [0.15, 0.2) is 48.5 Å². The standard InChI is InChI=1S/C21H23N2O3/c1-16(24)22-9-10-23(19(14-22)11-17-5-3-2-4-6-17)13-18-7-8-20-21(12-18)26-15-25-20/h2-8,12,19H,1,9-11,13-15H2. The van der Waals surface area contributed by atoms with Crippen LogP contribution in [-0.2, 0) is 17.8 Å². The first-order chi connectivity index (χ1) is 12.7. The molecule has 2 aromatic carbocycles. The van der Waals surface area contributed by atoms with Gasteiger partial charge >= 0.3 is 0 Å². The fourth-order valence-corrected chi connectivity index (χ4v) is 3.68. The Morgan fingerprint density at radius 3 is 2.65 bits per heavy atom. The van der Waals surface area contributed by atoms with Gasteiger partial charge in [0, 0.05) is 39.1 Å². The van der Waals surface area contributed by atoms with E-state index < -0.39 is 0 Å². The highest BCUT2D eigenvalue weighted by Crippen LogP contribution is 2.33. The molecule has 135 valence electrons. The number of ether oxygens (including phenoxy) is 2. The number of rotatable bonds is 4. The highest BCUT2D eigenvalue weighted by atomic mass is 16.7. The van der Waals surface area contributed by atoms with Gasteiger partial charge in [0.2, 0.25) is 12.7 Å². The monoisotopic (exact) mass is 351 g/mol. The lowest BCUT2D eigenvalue weighted by atomic mass is 10.0. The summed E-state index contributed by atoms with van der Waals surface area (Å²) in [6.45, 7) is 6.98. The molecule has 1 radical (unpaired) electrons. The van der Waals surface area contributed by atoms with Gasteiger partial charge in [0.25, 0.3) is 0 Å². The smallest absolute Gasteiger partial charge is 0.231 e. The zero-order valence-electron chi connectivity index (χ0n) is 14.8. The van der Waals surface area contributed by atoms with Crippen LogP contribution >= 0.6 is 0 Å². The second kappa shape index (κ2) is 7.38. The molecule has 2 aliphatic rings. The summed E-state index contributed by atoms with van der Waals surface area (Å²) < 4.78 is 10.9. The van der Waals surface area contributed by atoms with Crippen molar-refractivity contribution in [3.05, 3.63) is 66.6 Å². The lowest BCUT2D eigenvalue weighted by Crippen LogP contribution is -2.54. The normalized spacial score (nSPS) is 19.6. The number of amides is 1. The first kappa shape index (κ1) is 16.9. The minimum Gasteiger partial charge on any atom is -0.454 e. The number of nitrogens with zero attached hydrogens (tertiary/aromatic N) is 2. The Kier molecular flexibility index (Phi) is 4.80. The molecule has 5 heteroatoms. The SMILES string of the molecule is [CH2]C(=O)N1CCN(Cc2ccc3c(c2)OCO3)C(Cc2ccccc2)C1. The van der Waals surface area contributed by atoms with Crippen LogP contribution in [0.5, 0.6) is 11.5 Å². The van der Waals surface area contributed by atoms with E-state index in [1.165, 1.54) is 11.1 Å². The average molecular weight is 351 g/mol. The summed E-state index contributed by atoms with van der Waals surface area (Å²) in [5.74, 6) is 1.53. The molecular weight excluding hydrogens is 328 g/mol. The van der Waals surface area contributed by atoms with E-state index in [0.717, 1.165) is 37.6 Å². The Hall–Kier alpha value is -2.53. The Balaban J connectivity index is 1.51. The number of benzene rings is 2. The molecule has 2 aromatic rings. The molecular formula is C21H23N2O3. The van der Waals surface area contributed by atoms with Gasteiger partial charge in [-0.15, -0.1) is 0 Å². The number of carbonyl (C=O) groups is 1. The fraction of sp³-hybridized carbons (Fsp3) is 0.333. The minimum atomic E-state index is -0.0919. The third-order valence-electron chi connectivity index (χ3n) is 5.09. The zero-order chi connectivity index (χ0) is 17.9. The third-order valence-corrected chi connectivity index (χ3v) is 5.09. The highest BCUT2D eigenvalue weighted by molar-refractivity contribution is 5.80. The number of carbonyl (C=O) groups excluding carboxylic acids is 1. The van der Waals surface area contributed by atoms with E-state index >= 15 is 0 Å². The zero-order valence-corrected chi connectivity index (χ0v) is 14.8. The molecule has 0 saturated carbocycles. The molecule has 1 amide bonds. The van der Waals surface area contributed by atoms with Gasteiger partial charge in [-0.05, 0) is 29.7 Å². The molecule has 1 unspecified atom stereocenters. The molecule has 2 heterocycles. The second-order valence-corrected chi connectivity index (χ2v) is 6.84. The van der Waals surface area contributed by atoms with Crippen LogP contribution in [0.3, 0.4) is 0 Å². The molecule has 1 atom stereocenters. The first-order valence-electron chi connectivity index (χ1n) is 8.96. The van der Waals surface area contributed by atoms with Crippen molar-refractivity contribution in [2.75, 3.05) is 26.4 Å². The average Bonchev–Trinajstić information content (AvgIpc) is 3.11. The Morgan fingerprint density at radius 1 is 1.04 bits per heavy atom. The van der Waals surface area contributed by atoms with E-state index in [0.29, 0.717) is 13.3 Å². The third kappa shape index (κ3) is 3.68. The molecule has 0 aromatic heterocycles. The Labute approximate surface area is 154 Å². The van der Waals surface area contributed by atoms with Crippen LogP contribution in [0.2, 0.25) is 0 Å². The molecule has 2 aliphatic heterocycles. The maximum Gasteiger partial charge on any atom is 0.231 e. The topological polar surface area (TPSA) is 42.0 Å². The largest absolute Gasteiger partial charge is 0.454 e. The maximum atomic E-state index is 11.8. The molecule has 0 spiro atoms. The number of piperazine rings is 1. The van der Waals surface area contributed by atoms with E-state index in [2.05, 4.69) is 48.2 Å². The quantitative estimate of drug-likeness (QED) is 0.849. The van der Waals surface area contributed by atoms with E-state index in [-0.39, 0.29) is 11.9 Å². The van der Waals surface area contributed by atoms with Crippen molar-refractivity contribution in [2.45, 2.75) is 19.0 Å². The molecule has 26 heavy (non-hydrogen) atoms. The van der Waals surface area contributed by atoms with E-state index in [9.17, 15) is 4.79 Å². The highest BCUT2D eigenvalue weighted by Gasteiger charge is 2.28. The van der Waals surface area contributed by atoms with Gasteiger partial charge < -0.3 is 14.4 Å². The van der Waals surface area contributed by atoms with Gasteiger partial charge in [0.05, 0.1) is 0 Å². The van der Waals surface area contributed by atoms with Crippen LogP contribution in [-0.4, -0.2) is 48.2 Å². The van der Waals surface area contributed by atoms with Crippen molar-refractivity contribution in [1.29, 1.82) is 0 Å². The van der Waals surface area contributed by atoms with Crippen molar-refractivity contribution >= 4 is 5.91 Å². The van der Waals surface area contributed by atoms with Gasteiger partial charge in [-0.2, -0.15) is 0 Å². The molecule has 1 fully saturated rings. The molecule has 0 bridgehead atoms. The number of hydrogen-bond donors (Lipinski definition) is 0. The molecule has 4 rings (SSSR count). The fourth-order valence-electron chi connectivity index (χ4n) is 3.68. The summed E-state index contributed by atoms with van der Waals surface area (Å²) in [7, 11) is 0. The van der Waals surface area contributed by atoms with Crippen LogP contribution in [0.1, 0.15) is 11.1 Å². The molecule has 1 saturated heterocycles. The van der Waals surface area contributed by atoms with Gasteiger partial charge in [-0.1, -0.05) is 36.4 Å². The predicted molar refractivity (Wildman–Crippen MR) is 98.8 cm³/mol. The summed E-state index contributed by atoms with van der Waals surface area (Å²) in [5.41, 5.74) is 2.48. The number of fused-ring (bicyclic) bond motifs is 1. The van der Waals surface area contributed by atoms with Crippen molar-refractivity contribution in [3.63, 3.8) is 0 Å². The summed E-state index contributed by atoms with van der Waals surface area (Å²) in [6, 6.07) is 16.8. The van der Waals surface area contributed by atoms with Crippen molar-refractivity contribution in [2.24, 2.45) is 0 Å². The van der Waals surface area contributed by atoms with Crippen LogP contribution in [0.25, 0.3) is 0 Å². The Bertz CT molecular complexity index is 778. The first-order valence-corrected chi connectivity index (χ1v) is 8.96. The molecule has 0 N–H and O–H groups in total. The van der Waals surface area contributed by atoms with Gasteiger partial charge in [0.1, 0.15) is 0 Å².